The standard InChI is InChI=1S/C22H28N2O2/c1-4-24(5-2)20-12-10-17(11-13-20)22(25)23(3)15-21-14-18-8-6-7-9-19(18)16-26-21/h6-13,21H,4-5,14-16H2,1-3H3. The number of hydrogen-bond donors (Lipinski definition) is 0. The average molecular weight is 352 g/mol. The van der Waals surface area contributed by atoms with E-state index in [9.17, 15) is 4.79 Å². The zero-order valence-corrected chi connectivity index (χ0v) is 15.9. The van der Waals surface area contributed by atoms with Crippen LogP contribution in [-0.2, 0) is 17.8 Å². The van der Waals surface area contributed by atoms with Crippen molar-refractivity contribution in [3.8, 4) is 0 Å². The van der Waals surface area contributed by atoms with Crippen molar-refractivity contribution in [2.24, 2.45) is 0 Å². The van der Waals surface area contributed by atoms with Gasteiger partial charge < -0.3 is 14.5 Å². The highest BCUT2D eigenvalue weighted by Crippen LogP contribution is 2.21. The zero-order valence-electron chi connectivity index (χ0n) is 15.9. The number of benzene rings is 2. The van der Waals surface area contributed by atoms with E-state index in [0.717, 1.165) is 30.8 Å². The molecule has 0 N–H and O–H groups in total. The average Bonchev–Trinajstić information content (AvgIpc) is 2.69. The molecule has 1 aliphatic heterocycles. The predicted octanol–water partition coefficient (Wildman–Crippen LogP) is 3.75. The molecule has 0 radical (unpaired) electrons. The Hall–Kier alpha value is -2.33. The highest BCUT2D eigenvalue weighted by Gasteiger charge is 2.22. The monoisotopic (exact) mass is 352 g/mol. The van der Waals surface area contributed by atoms with E-state index in [1.165, 1.54) is 11.1 Å². The topological polar surface area (TPSA) is 32.8 Å². The highest BCUT2D eigenvalue weighted by molar-refractivity contribution is 5.94. The first-order valence-corrected chi connectivity index (χ1v) is 9.41. The van der Waals surface area contributed by atoms with Crippen LogP contribution in [0.15, 0.2) is 48.5 Å². The second-order valence-electron chi connectivity index (χ2n) is 6.81. The van der Waals surface area contributed by atoms with E-state index in [2.05, 4.69) is 36.9 Å². The number of carbonyl (C=O) groups excluding carboxylic acids is 1. The minimum atomic E-state index is 0.0403. The summed E-state index contributed by atoms with van der Waals surface area (Å²) in [5.41, 5.74) is 4.46. The minimum absolute atomic E-state index is 0.0403. The summed E-state index contributed by atoms with van der Waals surface area (Å²) in [6.07, 6.45) is 0.906. The maximum absolute atomic E-state index is 12.7. The first-order valence-electron chi connectivity index (χ1n) is 9.41. The fourth-order valence-electron chi connectivity index (χ4n) is 3.54. The fraction of sp³-hybridized carbons (Fsp3) is 0.409. The van der Waals surface area contributed by atoms with E-state index in [1.807, 2.05) is 37.4 Å². The molecule has 4 heteroatoms. The number of carbonyl (C=O) groups is 1. The lowest BCUT2D eigenvalue weighted by atomic mass is 9.99. The molecule has 0 bridgehead atoms. The number of nitrogens with zero attached hydrogens (tertiary/aromatic N) is 2. The summed E-state index contributed by atoms with van der Waals surface area (Å²) in [6.45, 7) is 7.43. The van der Waals surface area contributed by atoms with Crippen LogP contribution in [0.25, 0.3) is 0 Å². The van der Waals surface area contributed by atoms with Crippen LogP contribution in [0, 0.1) is 0 Å². The molecule has 1 unspecified atom stereocenters. The number of amides is 1. The molecule has 1 amide bonds. The van der Waals surface area contributed by atoms with Crippen LogP contribution >= 0.6 is 0 Å². The Morgan fingerprint density at radius 1 is 1.04 bits per heavy atom. The lowest BCUT2D eigenvalue weighted by Crippen LogP contribution is -2.38. The zero-order chi connectivity index (χ0) is 18.5. The minimum Gasteiger partial charge on any atom is -0.372 e. The van der Waals surface area contributed by atoms with Gasteiger partial charge in [0.25, 0.3) is 5.91 Å². The van der Waals surface area contributed by atoms with Crippen molar-refractivity contribution >= 4 is 11.6 Å². The predicted molar refractivity (Wildman–Crippen MR) is 106 cm³/mol. The van der Waals surface area contributed by atoms with E-state index >= 15 is 0 Å². The molecule has 1 aliphatic rings. The third-order valence-corrected chi connectivity index (χ3v) is 5.11. The van der Waals surface area contributed by atoms with E-state index in [1.54, 1.807) is 4.90 Å². The van der Waals surface area contributed by atoms with Crippen LogP contribution < -0.4 is 4.90 Å². The summed E-state index contributed by atoms with van der Waals surface area (Å²) in [5, 5.41) is 0. The van der Waals surface area contributed by atoms with Gasteiger partial charge in [0.1, 0.15) is 0 Å². The molecule has 0 aromatic heterocycles. The normalized spacial score (nSPS) is 16.0. The van der Waals surface area contributed by atoms with Crippen LogP contribution in [0.2, 0.25) is 0 Å². The maximum atomic E-state index is 12.7. The quantitative estimate of drug-likeness (QED) is 0.794. The van der Waals surface area contributed by atoms with Crippen molar-refractivity contribution in [2.75, 3.05) is 31.6 Å². The molecular weight excluding hydrogens is 324 g/mol. The van der Waals surface area contributed by atoms with Gasteiger partial charge in [-0.15, -0.1) is 0 Å². The molecule has 0 saturated heterocycles. The third-order valence-electron chi connectivity index (χ3n) is 5.11. The second kappa shape index (κ2) is 8.37. The molecule has 0 saturated carbocycles. The Morgan fingerprint density at radius 3 is 2.35 bits per heavy atom. The van der Waals surface area contributed by atoms with Crippen LogP contribution in [0.4, 0.5) is 5.69 Å². The summed E-state index contributed by atoms with van der Waals surface area (Å²) < 4.78 is 5.94. The summed E-state index contributed by atoms with van der Waals surface area (Å²) in [4.78, 5) is 16.8. The van der Waals surface area contributed by atoms with E-state index in [4.69, 9.17) is 4.74 Å². The molecule has 0 fully saturated rings. The molecule has 138 valence electrons. The Kier molecular flexibility index (Phi) is 5.94. The number of ether oxygens (including phenoxy) is 1. The Balaban J connectivity index is 1.61. The maximum Gasteiger partial charge on any atom is 0.253 e. The first kappa shape index (κ1) is 18.5. The van der Waals surface area contributed by atoms with Gasteiger partial charge in [0, 0.05) is 44.4 Å². The van der Waals surface area contributed by atoms with Gasteiger partial charge in [0.15, 0.2) is 0 Å². The molecule has 2 aromatic rings. The molecule has 4 nitrogen and oxygen atoms in total. The summed E-state index contributed by atoms with van der Waals surface area (Å²) in [7, 11) is 1.85. The van der Waals surface area contributed by atoms with E-state index < -0.39 is 0 Å². The lowest BCUT2D eigenvalue weighted by molar-refractivity contribution is 0.00985. The van der Waals surface area contributed by atoms with Crippen molar-refractivity contribution < 1.29 is 9.53 Å². The molecule has 3 rings (SSSR count). The van der Waals surface area contributed by atoms with Crippen LogP contribution in [-0.4, -0.2) is 43.6 Å². The van der Waals surface area contributed by atoms with Gasteiger partial charge in [-0.25, -0.2) is 0 Å². The van der Waals surface area contributed by atoms with Gasteiger partial charge >= 0.3 is 0 Å². The van der Waals surface area contributed by atoms with E-state index in [-0.39, 0.29) is 12.0 Å². The van der Waals surface area contributed by atoms with Crippen LogP contribution in [0.3, 0.4) is 0 Å². The molecule has 0 aliphatic carbocycles. The SMILES string of the molecule is CCN(CC)c1ccc(C(=O)N(C)CC2Cc3ccccc3CO2)cc1. The summed E-state index contributed by atoms with van der Waals surface area (Å²) in [6, 6.07) is 16.3. The molecular formula is C22H28N2O2. The molecule has 1 heterocycles. The smallest absolute Gasteiger partial charge is 0.253 e. The number of likely N-dealkylation sites (N-methyl/N-ethyl adjacent to an activating group) is 1. The highest BCUT2D eigenvalue weighted by atomic mass is 16.5. The molecule has 1 atom stereocenters. The Morgan fingerprint density at radius 2 is 1.69 bits per heavy atom. The molecule has 2 aromatic carbocycles. The van der Waals surface area contributed by atoms with Crippen LogP contribution in [0.5, 0.6) is 0 Å². The van der Waals surface area contributed by atoms with Crippen molar-refractivity contribution in [1.29, 1.82) is 0 Å². The Labute approximate surface area is 156 Å². The van der Waals surface area contributed by atoms with Gasteiger partial charge in [-0.3, -0.25) is 4.79 Å². The van der Waals surface area contributed by atoms with Gasteiger partial charge in [-0.05, 0) is 49.2 Å². The lowest BCUT2D eigenvalue weighted by Gasteiger charge is -2.29. The van der Waals surface area contributed by atoms with Crippen molar-refractivity contribution in [1.82, 2.24) is 4.90 Å². The number of hydrogen-bond acceptors (Lipinski definition) is 3. The Bertz CT molecular complexity index is 738. The van der Waals surface area contributed by atoms with Gasteiger partial charge in [-0.1, -0.05) is 24.3 Å². The molecule has 0 spiro atoms. The summed E-state index contributed by atoms with van der Waals surface area (Å²) in [5.74, 6) is 0.0403. The van der Waals surface area contributed by atoms with Gasteiger partial charge in [0.05, 0.1) is 12.7 Å². The number of rotatable bonds is 6. The number of anilines is 1. The second-order valence-corrected chi connectivity index (χ2v) is 6.81. The van der Waals surface area contributed by atoms with Crippen molar-refractivity contribution in [2.45, 2.75) is 33.0 Å². The summed E-state index contributed by atoms with van der Waals surface area (Å²) >= 11 is 0. The van der Waals surface area contributed by atoms with Gasteiger partial charge in [-0.2, -0.15) is 0 Å². The first-order chi connectivity index (χ1) is 12.6. The fourth-order valence-corrected chi connectivity index (χ4v) is 3.54. The third kappa shape index (κ3) is 4.07. The largest absolute Gasteiger partial charge is 0.372 e. The number of fused-ring (bicyclic) bond motifs is 1. The molecule has 26 heavy (non-hydrogen) atoms. The van der Waals surface area contributed by atoms with E-state index in [0.29, 0.717) is 13.2 Å². The van der Waals surface area contributed by atoms with Crippen molar-refractivity contribution in [3.63, 3.8) is 0 Å². The van der Waals surface area contributed by atoms with Gasteiger partial charge in [0.2, 0.25) is 0 Å². The van der Waals surface area contributed by atoms with Crippen molar-refractivity contribution in [3.05, 3.63) is 65.2 Å². The van der Waals surface area contributed by atoms with Crippen LogP contribution in [0.1, 0.15) is 35.3 Å².